The molecule has 2 aromatic rings. The highest BCUT2D eigenvalue weighted by Gasteiger charge is 2.44. The van der Waals surface area contributed by atoms with Gasteiger partial charge in [0, 0.05) is 5.56 Å². The Labute approximate surface area is 188 Å². The molecule has 0 amide bonds. The summed E-state index contributed by atoms with van der Waals surface area (Å²) in [5.74, 6) is 7.06. The number of aliphatic hydroxyl groups excluding tert-OH is 4. The first-order valence-electron chi connectivity index (χ1n) is 10.7. The average molecular weight is 439 g/mol. The predicted molar refractivity (Wildman–Crippen MR) is 122 cm³/mol. The second-order valence-corrected chi connectivity index (χ2v) is 8.22. The van der Waals surface area contributed by atoms with E-state index >= 15 is 0 Å². The molecule has 3 rings (SSSR count). The monoisotopic (exact) mass is 438 g/mol. The zero-order valence-electron chi connectivity index (χ0n) is 18.5. The lowest BCUT2D eigenvalue weighted by Gasteiger charge is -2.39. The van der Waals surface area contributed by atoms with Crippen LogP contribution in [0.1, 0.15) is 42.0 Å². The zero-order chi connectivity index (χ0) is 23.3. The highest BCUT2D eigenvalue weighted by Crippen LogP contribution is 2.27. The van der Waals surface area contributed by atoms with Crippen LogP contribution in [0.3, 0.4) is 0 Å². The molecule has 1 saturated heterocycles. The minimum absolute atomic E-state index is 0.453. The molecule has 6 nitrogen and oxygen atoms in total. The lowest BCUT2D eigenvalue weighted by molar-refractivity contribution is -0.277. The second-order valence-electron chi connectivity index (χ2n) is 8.22. The van der Waals surface area contributed by atoms with E-state index in [0.29, 0.717) is 11.7 Å². The Morgan fingerprint density at radius 3 is 2.41 bits per heavy atom. The Morgan fingerprint density at radius 2 is 1.75 bits per heavy atom. The topological polar surface area (TPSA) is 99.4 Å². The number of aliphatic hydroxyl groups is 4. The smallest absolute Gasteiger partial charge is 0.229 e. The summed E-state index contributed by atoms with van der Waals surface area (Å²) < 4.78 is 11.2. The summed E-state index contributed by atoms with van der Waals surface area (Å²) in [4.78, 5) is 0. The van der Waals surface area contributed by atoms with Gasteiger partial charge in [-0.1, -0.05) is 50.0 Å². The summed E-state index contributed by atoms with van der Waals surface area (Å²) in [6.07, 6.45) is -3.03. The fraction of sp³-hybridized carbons (Fsp3) is 0.385. The first-order chi connectivity index (χ1) is 15.3. The van der Waals surface area contributed by atoms with Gasteiger partial charge in [0.2, 0.25) is 6.29 Å². The van der Waals surface area contributed by atoms with Crippen molar-refractivity contribution in [1.82, 2.24) is 0 Å². The molecule has 1 aliphatic rings. The molecule has 4 N–H and O–H groups in total. The van der Waals surface area contributed by atoms with Crippen molar-refractivity contribution in [3.63, 3.8) is 0 Å². The van der Waals surface area contributed by atoms with Gasteiger partial charge in [-0.2, -0.15) is 0 Å². The number of aryl methyl sites for hydroxylation is 1. The van der Waals surface area contributed by atoms with Gasteiger partial charge in [0.25, 0.3) is 0 Å². The predicted octanol–water partition coefficient (Wildman–Crippen LogP) is 2.36. The molecule has 1 fully saturated rings. The molecule has 0 spiro atoms. The molecule has 0 bridgehead atoms. The fourth-order valence-corrected chi connectivity index (χ4v) is 3.35. The Kier molecular flexibility index (Phi) is 8.08. The van der Waals surface area contributed by atoms with Gasteiger partial charge in [-0.3, -0.25) is 0 Å². The van der Waals surface area contributed by atoms with Crippen molar-refractivity contribution in [3.05, 3.63) is 70.8 Å². The molecule has 0 saturated carbocycles. The molecule has 6 heteroatoms. The van der Waals surface area contributed by atoms with Crippen molar-refractivity contribution in [2.24, 2.45) is 0 Å². The van der Waals surface area contributed by atoms with Crippen LogP contribution in [0.4, 0.5) is 0 Å². The van der Waals surface area contributed by atoms with Crippen LogP contribution < -0.4 is 4.74 Å². The lowest BCUT2D eigenvalue weighted by atomic mass is 9.99. The Morgan fingerprint density at radius 1 is 1.03 bits per heavy atom. The molecule has 1 heterocycles. The number of rotatable bonds is 5. The van der Waals surface area contributed by atoms with Crippen LogP contribution in [0.25, 0.3) is 6.08 Å². The largest absolute Gasteiger partial charge is 0.462 e. The minimum atomic E-state index is -1.49. The van der Waals surface area contributed by atoms with Crippen LogP contribution in [0.15, 0.2) is 48.5 Å². The van der Waals surface area contributed by atoms with Crippen molar-refractivity contribution < 1.29 is 29.9 Å². The molecule has 32 heavy (non-hydrogen) atoms. The first-order valence-corrected chi connectivity index (χ1v) is 10.7. The molecule has 3 unspecified atom stereocenters. The van der Waals surface area contributed by atoms with E-state index < -0.39 is 37.3 Å². The van der Waals surface area contributed by atoms with E-state index in [1.165, 1.54) is 5.56 Å². The van der Waals surface area contributed by atoms with Crippen LogP contribution in [-0.2, 0) is 4.74 Å². The van der Waals surface area contributed by atoms with Crippen molar-refractivity contribution in [2.75, 3.05) is 6.61 Å². The third-order valence-corrected chi connectivity index (χ3v) is 5.46. The third-order valence-electron chi connectivity index (χ3n) is 5.46. The fourth-order valence-electron chi connectivity index (χ4n) is 3.35. The highest BCUT2D eigenvalue weighted by molar-refractivity contribution is 5.57. The van der Waals surface area contributed by atoms with Crippen molar-refractivity contribution in [1.29, 1.82) is 0 Å². The standard InChI is InChI=1S/C26H30O6/c1-16(2)20-12-10-18(11-13-20)6-4-5-7-19-9-8-17(3)21(14-19)31-26-25(30)24(29)23(28)22(15-27)32-26/h5,7-14,16,22-30H,15H2,1-3H3/b7-5+/t22?,23-,24?,25?,26-/m1/s1. The minimum Gasteiger partial charge on any atom is -0.462 e. The quantitative estimate of drug-likeness (QED) is 0.535. The lowest BCUT2D eigenvalue weighted by Crippen LogP contribution is -2.60. The van der Waals surface area contributed by atoms with Gasteiger partial charge < -0.3 is 29.9 Å². The maximum Gasteiger partial charge on any atom is 0.229 e. The van der Waals surface area contributed by atoms with E-state index in [9.17, 15) is 20.4 Å². The molecule has 5 atom stereocenters. The zero-order valence-corrected chi connectivity index (χ0v) is 18.5. The molecule has 0 aliphatic carbocycles. The van der Waals surface area contributed by atoms with Gasteiger partial charge in [0.1, 0.15) is 30.2 Å². The first kappa shape index (κ1) is 24.0. The normalized spacial score (nSPS) is 25.6. The number of benzene rings is 2. The molecular weight excluding hydrogens is 408 g/mol. The Hall–Kier alpha value is -2.66. The van der Waals surface area contributed by atoms with Crippen LogP contribution in [0.2, 0.25) is 0 Å². The van der Waals surface area contributed by atoms with Gasteiger partial charge in [-0.15, -0.1) is 0 Å². The maximum atomic E-state index is 10.2. The average Bonchev–Trinajstić information content (AvgIpc) is 2.79. The Balaban J connectivity index is 1.69. The molecule has 1 aliphatic heterocycles. The SMILES string of the molecule is Cc1ccc(/C=C/C#Cc2ccc(C(C)C)cc2)cc1O[C@@H]1OC(CO)[C@@H](O)C(O)C1O. The Bertz CT molecular complexity index is 984. The van der Waals surface area contributed by atoms with E-state index in [0.717, 1.165) is 16.7 Å². The summed E-state index contributed by atoms with van der Waals surface area (Å²) in [6.45, 7) is 5.64. The third kappa shape index (κ3) is 5.77. The van der Waals surface area contributed by atoms with Crippen molar-refractivity contribution in [2.45, 2.75) is 57.4 Å². The van der Waals surface area contributed by atoms with Crippen LogP contribution >= 0.6 is 0 Å². The maximum absolute atomic E-state index is 10.2. The van der Waals surface area contributed by atoms with Crippen LogP contribution in [-0.4, -0.2) is 57.7 Å². The van der Waals surface area contributed by atoms with Gasteiger partial charge in [-0.05, 0) is 59.9 Å². The summed E-state index contributed by atoms with van der Waals surface area (Å²) in [5, 5.41) is 39.4. The molecule has 0 radical (unpaired) electrons. The van der Waals surface area contributed by atoms with Crippen LogP contribution in [0.5, 0.6) is 5.75 Å². The molecule has 2 aromatic carbocycles. The number of hydrogen-bond acceptors (Lipinski definition) is 6. The van der Waals surface area contributed by atoms with E-state index in [2.05, 4.69) is 37.8 Å². The number of ether oxygens (including phenoxy) is 2. The summed E-state index contributed by atoms with van der Waals surface area (Å²) >= 11 is 0. The van der Waals surface area contributed by atoms with Gasteiger partial charge in [0.05, 0.1) is 6.61 Å². The molecule has 0 aromatic heterocycles. The van der Waals surface area contributed by atoms with Crippen molar-refractivity contribution >= 4 is 6.08 Å². The van der Waals surface area contributed by atoms with E-state index in [-0.39, 0.29) is 0 Å². The van der Waals surface area contributed by atoms with Gasteiger partial charge in [-0.25, -0.2) is 0 Å². The summed E-state index contributed by atoms with van der Waals surface area (Å²) in [6, 6.07) is 13.7. The number of allylic oxidation sites excluding steroid dienone is 1. The highest BCUT2D eigenvalue weighted by atomic mass is 16.7. The molecule has 170 valence electrons. The van der Waals surface area contributed by atoms with E-state index in [1.54, 1.807) is 12.1 Å². The summed E-state index contributed by atoms with van der Waals surface area (Å²) in [5.41, 5.74) is 3.85. The van der Waals surface area contributed by atoms with E-state index in [1.807, 2.05) is 37.3 Å². The number of hydrogen-bond donors (Lipinski definition) is 4. The van der Waals surface area contributed by atoms with Gasteiger partial charge in [0.15, 0.2) is 0 Å². The van der Waals surface area contributed by atoms with E-state index in [4.69, 9.17) is 9.47 Å². The second kappa shape index (κ2) is 10.8. The van der Waals surface area contributed by atoms with Gasteiger partial charge >= 0.3 is 0 Å². The summed E-state index contributed by atoms with van der Waals surface area (Å²) in [7, 11) is 0. The van der Waals surface area contributed by atoms with Crippen LogP contribution in [0, 0.1) is 18.8 Å². The molecular formula is C26H30O6. The van der Waals surface area contributed by atoms with Crippen molar-refractivity contribution in [3.8, 4) is 17.6 Å².